The number of nitrogens with one attached hydrogen (secondary N) is 1. The number of benzene rings is 1. The van der Waals surface area contributed by atoms with Crippen molar-refractivity contribution in [3.63, 3.8) is 0 Å². The molecule has 1 atom stereocenters. The molecule has 0 saturated heterocycles. The summed E-state index contributed by atoms with van der Waals surface area (Å²) < 4.78 is 13.4. The Morgan fingerprint density at radius 3 is 2.94 bits per heavy atom. The van der Waals surface area contributed by atoms with Crippen LogP contribution >= 0.6 is 0 Å². The summed E-state index contributed by atoms with van der Waals surface area (Å²) in [4.78, 5) is 10.9. The molecule has 1 aromatic carbocycles. The lowest BCUT2D eigenvalue weighted by atomic mass is 10.1. The minimum absolute atomic E-state index is 0.0802. The summed E-state index contributed by atoms with van der Waals surface area (Å²) in [6, 6.07) is 4.16. The molecule has 3 nitrogen and oxygen atoms in total. The molecule has 1 rings (SSSR count). The van der Waals surface area contributed by atoms with Gasteiger partial charge in [0, 0.05) is 23.7 Å². The molecule has 0 aliphatic rings. The highest BCUT2D eigenvalue weighted by atomic mass is 19.1. The Hall–Kier alpha value is -1.68. The van der Waals surface area contributed by atoms with Crippen LogP contribution in [0.25, 0.3) is 0 Å². The molecular weight excluding hydrogens is 207 g/mol. The van der Waals surface area contributed by atoms with Crippen LogP contribution < -0.4 is 11.1 Å². The van der Waals surface area contributed by atoms with Crippen molar-refractivity contribution >= 4 is 5.91 Å². The Kier molecular flexibility index (Phi) is 4.19. The van der Waals surface area contributed by atoms with E-state index in [9.17, 15) is 9.18 Å². The van der Waals surface area contributed by atoms with Gasteiger partial charge in [0.15, 0.2) is 0 Å². The Bertz CT molecular complexity index is 404. The Morgan fingerprint density at radius 1 is 1.69 bits per heavy atom. The van der Waals surface area contributed by atoms with Gasteiger partial charge in [0.25, 0.3) is 0 Å². The molecule has 1 amide bonds. The van der Waals surface area contributed by atoms with Crippen LogP contribution in [-0.4, -0.2) is 11.9 Å². The summed E-state index contributed by atoms with van der Waals surface area (Å²) in [5.74, 6) is -0.910. The molecule has 1 aromatic rings. The molecule has 0 heterocycles. The molecule has 0 bridgehead atoms. The van der Waals surface area contributed by atoms with Crippen molar-refractivity contribution in [1.29, 1.82) is 0 Å². The molecule has 4 heteroatoms. The number of nitrogens with two attached hydrogens (primary N) is 1. The van der Waals surface area contributed by atoms with Crippen molar-refractivity contribution in [2.45, 2.75) is 19.5 Å². The summed E-state index contributed by atoms with van der Waals surface area (Å²) in [6.07, 6.45) is 1.72. The molecule has 16 heavy (non-hydrogen) atoms. The highest BCUT2D eigenvalue weighted by Gasteiger charge is 2.07. The van der Waals surface area contributed by atoms with E-state index in [0.29, 0.717) is 17.7 Å². The van der Waals surface area contributed by atoms with Gasteiger partial charge in [0.1, 0.15) is 5.82 Å². The van der Waals surface area contributed by atoms with Crippen molar-refractivity contribution < 1.29 is 9.18 Å². The number of primary amides is 1. The average Bonchev–Trinajstić information content (AvgIpc) is 2.27. The standard InChI is InChI=1S/C12H15FN2O/c1-3-8(2)15-7-10-6-9(12(14)16)4-5-11(10)13/h3-6,8,15H,1,7H2,2H3,(H2,14,16). The van der Waals surface area contributed by atoms with Crippen molar-refractivity contribution in [3.8, 4) is 0 Å². The van der Waals surface area contributed by atoms with Crippen LogP contribution in [0.15, 0.2) is 30.9 Å². The Balaban J connectivity index is 2.82. The fraction of sp³-hybridized carbons (Fsp3) is 0.250. The smallest absolute Gasteiger partial charge is 0.248 e. The fourth-order valence-electron chi connectivity index (χ4n) is 1.22. The first-order chi connectivity index (χ1) is 7.54. The molecule has 1 unspecified atom stereocenters. The van der Waals surface area contributed by atoms with Gasteiger partial charge in [-0.3, -0.25) is 4.79 Å². The third-order valence-electron chi connectivity index (χ3n) is 2.30. The molecule has 0 aromatic heterocycles. The first-order valence-electron chi connectivity index (χ1n) is 4.98. The van der Waals surface area contributed by atoms with Crippen molar-refractivity contribution in [2.24, 2.45) is 5.73 Å². The number of carbonyl (C=O) groups excluding carboxylic acids is 1. The molecule has 0 spiro atoms. The lowest BCUT2D eigenvalue weighted by molar-refractivity contribution is 0.1000. The molecule has 0 aliphatic carbocycles. The second kappa shape index (κ2) is 5.42. The largest absolute Gasteiger partial charge is 0.366 e. The number of hydrogen-bond acceptors (Lipinski definition) is 2. The topological polar surface area (TPSA) is 55.1 Å². The van der Waals surface area contributed by atoms with E-state index in [1.807, 2.05) is 6.92 Å². The highest BCUT2D eigenvalue weighted by Crippen LogP contribution is 2.10. The second-order valence-corrected chi connectivity index (χ2v) is 3.58. The summed E-state index contributed by atoms with van der Waals surface area (Å²) in [6.45, 7) is 5.85. The zero-order valence-electron chi connectivity index (χ0n) is 9.16. The third-order valence-corrected chi connectivity index (χ3v) is 2.30. The van der Waals surface area contributed by atoms with E-state index in [1.54, 1.807) is 6.08 Å². The summed E-state index contributed by atoms with van der Waals surface area (Å²) in [7, 11) is 0. The van der Waals surface area contributed by atoms with E-state index in [0.717, 1.165) is 0 Å². The molecular formula is C12H15FN2O. The predicted octanol–water partition coefficient (Wildman–Crippen LogP) is 1.59. The van der Waals surface area contributed by atoms with E-state index in [2.05, 4.69) is 11.9 Å². The number of hydrogen-bond donors (Lipinski definition) is 2. The van der Waals surface area contributed by atoms with Gasteiger partial charge in [-0.05, 0) is 25.1 Å². The lowest BCUT2D eigenvalue weighted by Gasteiger charge is -2.10. The highest BCUT2D eigenvalue weighted by molar-refractivity contribution is 5.92. The number of carbonyl (C=O) groups is 1. The van der Waals surface area contributed by atoms with Gasteiger partial charge in [-0.1, -0.05) is 6.08 Å². The maximum atomic E-state index is 13.4. The molecule has 86 valence electrons. The fourth-order valence-corrected chi connectivity index (χ4v) is 1.22. The van der Waals surface area contributed by atoms with E-state index in [-0.39, 0.29) is 11.9 Å². The molecule has 0 fully saturated rings. The first-order valence-corrected chi connectivity index (χ1v) is 4.98. The van der Waals surface area contributed by atoms with Gasteiger partial charge in [0.2, 0.25) is 5.91 Å². The predicted molar refractivity (Wildman–Crippen MR) is 61.4 cm³/mol. The normalized spacial score (nSPS) is 12.1. The SMILES string of the molecule is C=CC(C)NCc1cc(C(N)=O)ccc1F. The van der Waals surface area contributed by atoms with E-state index >= 15 is 0 Å². The van der Waals surface area contributed by atoms with Gasteiger partial charge in [-0.2, -0.15) is 0 Å². The number of amides is 1. The molecule has 0 aliphatic heterocycles. The summed E-state index contributed by atoms with van der Waals surface area (Å²) >= 11 is 0. The third kappa shape index (κ3) is 3.17. The van der Waals surface area contributed by atoms with E-state index in [1.165, 1.54) is 18.2 Å². The second-order valence-electron chi connectivity index (χ2n) is 3.58. The van der Waals surface area contributed by atoms with Crippen LogP contribution in [0, 0.1) is 5.82 Å². The summed E-state index contributed by atoms with van der Waals surface area (Å²) in [5, 5.41) is 3.05. The molecule has 0 saturated carbocycles. The van der Waals surface area contributed by atoms with Crippen LogP contribution in [0.4, 0.5) is 4.39 Å². The van der Waals surface area contributed by atoms with Crippen LogP contribution in [-0.2, 0) is 6.54 Å². The monoisotopic (exact) mass is 222 g/mol. The molecule has 0 radical (unpaired) electrons. The van der Waals surface area contributed by atoms with Gasteiger partial charge in [0.05, 0.1) is 0 Å². The zero-order chi connectivity index (χ0) is 12.1. The quantitative estimate of drug-likeness (QED) is 0.743. The maximum absolute atomic E-state index is 13.4. The minimum Gasteiger partial charge on any atom is -0.366 e. The van der Waals surface area contributed by atoms with Gasteiger partial charge >= 0.3 is 0 Å². The van der Waals surface area contributed by atoms with E-state index < -0.39 is 5.91 Å². The van der Waals surface area contributed by atoms with Crippen molar-refractivity contribution in [1.82, 2.24) is 5.32 Å². The zero-order valence-corrected chi connectivity index (χ0v) is 9.16. The number of halogens is 1. The first kappa shape index (κ1) is 12.4. The molecule has 3 N–H and O–H groups in total. The van der Waals surface area contributed by atoms with Crippen LogP contribution in [0.2, 0.25) is 0 Å². The number of rotatable bonds is 5. The maximum Gasteiger partial charge on any atom is 0.248 e. The van der Waals surface area contributed by atoms with Crippen molar-refractivity contribution in [2.75, 3.05) is 0 Å². The lowest BCUT2D eigenvalue weighted by Crippen LogP contribution is -2.24. The van der Waals surface area contributed by atoms with Gasteiger partial charge in [-0.15, -0.1) is 6.58 Å². The minimum atomic E-state index is -0.557. The van der Waals surface area contributed by atoms with Gasteiger partial charge < -0.3 is 11.1 Å². The van der Waals surface area contributed by atoms with E-state index in [4.69, 9.17) is 5.73 Å². The average molecular weight is 222 g/mol. The van der Waals surface area contributed by atoms with Crippen LogP contribution in [0.1, 0.15) is 22.8 Å². The van der Waals surface area contributed by atoms with Gasteiger partial charge in [-0.25, -0.2) is 4.39 Å². The Labute approximate surface area is 94.1 Å². The Morgan fingerprint density at radius 2 is 2.38 bits per heavy atom. The van der Waals surface area contributed by atoms with Crippen LogP contribution in [0.5, 0.6) is 0 Å². The van der Waals surface area contributed by atoms with Crippen molar-refractivity contribution in [3.05, 3.63) is 47.8 Å². The van der Waals surface area contributed by atoms with Crippen LogP contribution in [0.3, 0.4) is 0 Å². The summed E-state index contributed by atoms with van der Waals surface area (Å²) in [5.41, 5.74) is 5.85.